The van der Waals surface area contributed by atoms with Crippen LogP contribution in [0.3, 0.4) is 0 Å². The maximum Gasteiger partial charge on any atom is 0.255 e. The summed E-state index contributed by atoms with van der Waals surface area (Å²) >= 11 is 0. The van der Waals surface area contributed by atoms with Gasteiger partial charge in [0.25, 0.3) is 5.91 Å². The van der Waals surface area contributed by atoms with Crippen molar-refractivity contribution in [3.63, 3.8) is 0 Å². The predicted molar refractivity (Wildman–Crippen MR) is 107 cm³/mol. The first kappa shape index (κ1) is 18.9. The van der Waals surface area contributed by atoms with Crippen LogP contribution in [0.2, 0.25) is 0 Å². The van der Waals surface area contributed by atoms with Crippen LogP contribution in [-0.4, -0.2) is 62.6 Å². The third-order valence-corrected chi connectivity index (χ3v) is 6.00. The number of hydrogen-bond donors (Lipinski definition) is 0. The Morgan fingerprint density at radius 2 is 1.68 bits per heavy atom. The summed E-state index contributed by atoms with van der Waals surface area (Å²) in [5.74, 6) is 0.465. The van der Waals surface area contributed by atoms with Crippen molar-refractivity contribution in [3.05, 3.63) is 24.0 Å². The average molecular weight is 383 g/mol. The summed E-state index contributed by atoms with van der Waals surface area (Å²) in [4.78, 5) is 33.9. The Bertz CT molecular complexity index is 861. The van der Waals surface area contributed by atoms with Crippen molar-refractivity contribution in [2.75, 3.05) is 26.2 Å². The van der Waals surface area contributed by atoms with Gasteiger partial charge in [0.2, 0.25) is 5.91 Å². The summed E-state index contributed by atoms with van der Waals surface area (Å²) in [6.45, 7) is 6.54. The molecule has 150 valence electrons. The normalized spacial score (nSPS) is 18.8. The van der Waals surface area contributed by atoms with E-state index in [9.17, 15) is 9.59 Å². The molecule has 2 aromatic rings. The molecule has 0 bridgehead atoms. The molecule has 7 nitrogen and oxygen atoms in total. The summed E-state index contributed by atoms with van der Waals surface area (Å²) < 4.78 is 1.86. The molecule has 4 rings (SSSR count). The van der Waals surface area contributed by atoms with Gasteiger partial charge in [-0.05, 0) is 32.8 Å². The summed E-state index contributed by atoms with van der Waals surface area (Å²) in [5, 5.41) is 5.25. The molecule has 0 radical (unpaired) electrons. The zero-order valence-electron chi connectivity index (χ0n) is 16.8. The van der Waals surface area contributed by atoms with Gasteiger partial charge in [-0.15, -0.1) is 0 Å². The highest BCUT2D eigenvalue weighted by Gasteiger charge is 2.30. The number of nitrogens with zero attached hydrogens (tertiary/aromatic N) is 5. The molecule has 0 atom stereocenters. The fourth-order valence-electron chi connectivity index (χ4n) is 4.36. The molecule has 1 aliphatic heterocycles. The van der Waals surface area contributed by atoms with Crippen molar-refractivity contribution in [1.29, 1.82) is 0 Å². The zero-order chi connectivity index (χ0) is 19.7. The molecule has 0 N–H and O–H groups in total. The number of fused-ring (bicyclic) bond motifs is 1. The smallest absolute Gasteiger partial charge is 0.255 e. The van der Waals surface area contributed by atoms with Crippen LogP contribution in [0.5, 0.6) is 0 Å². The Balaban J connectivity index is 1.39. The van der Waals surface area contributed by atoms with Gasteiger partial charge in [0.05, 0.1) is 11.8 Å². The number of carbonyl (C=O) groups excluding carboxylic acids is 2. The number of hydrogen-bond acceptors (Lipinski definition) is 4. The Morgan fingerprint density at radius 1 is 1.00 bits per heavy atom. The molecule has 0 spiro atoms. The Labute approximate surface area is 165 Å². The second-order valence-electron chi connectivity index (χ2n) is 8.27. The average Bonchev–Trinajstić information content (AvgIpc) is 3.17. The van der Waals surface area contributed by atoms with Gasteiger partial charge in [-0.25, -0.2) is 9.67 Å². The van der Waals surface area contributed by atoms with Crippen LogP contribution in [0.25, 0.3) is 11.0 Å². The second-order valence-corrected chi connectivity index (χ2v) is 8.27. The fraction of sp³-hybridized carbons (Fsp3) is 0.619. The van der Waals surface area contributed by atoms with Crippen LogP contribution in [0.4, 0.5) is 0 Å². The lowest BCUT2D eigenvalue weighted by Gasteiger charge is -2.37. The molecule has 2 aromatic heterocycles. The second kappa shape index (κ2) is 7.89. The topological polar surface area (TPSA) is 71.3 Å². The molecule has 3 heterocycles. The van der Waals surface area contributed by atoms with Crippen molar-refractivity contribution in [3.8, 4) is 0 Å². The van der Waals surface area contributed by atoms with Crippen LogP contribution >= 0.6 is 0 Å². The highest BCUT2D eigenvalue weighted by Crippen LogP contribution is 2.26. The number of rotatable bonds is 3. The summed E-state index contributed by atoms with van der Waals surface area (Å²) in [7, 11) is 0. The minimum Gasteiger partial charge on any atom is -0.339 e. The van der Waals surface area contributed by atoms with E-state index in [0.717, 1.165) is 36.7 Å². The predicted octanol–water partition coefficient (Wildman–Crippen LogP) is 2.88. The monoisotopic (exact) mass is 383 g/mol. The highest BCUT2D eigenvalue weighted by molar-refractivity contribution is 5.97. The van der Waals surface area contributed by atoms with Crippen LogP contribution in [0.15, 0.2) is 18.5 Å². The van der Waals surface area contributed by atoms with Gasteiger partial charge in [-0.3, -0.25) is 9.59 Å². The lowest BCUT2D eigenvalue weighted by Crippen LogP contribution is -2.52. The van der Waals surface area contributed by atoms with E-state index in [2.05, 4.69) is 23.9 Å². The Hall–Kier alpha value is -2.44. The van der Waals surface area contributed by atoms with Gasteiger partial charge in [0.1, 0.15) is 0 Å². The number of pyridine rings is 1. The first-order valence-electron chi connectivity index (χ1n) is 10.5. The van der Waals surface area contributed by atoms with Crippen LogP contribution < -0.4 is 0 Å². The van der Waals surface area contributed by atoms with Crippen molar-refractivity contribution in [2.24, 2.45) is 5.92 Å². The first-order valence-corrected chi connectivity index (χ1v) is 10.5. The van der Waals surface area contributed by atoms with E-state index in [1.165, 1.54) is 6.42 Å². The van der Waals surface area contributed by atoms with E-state index >= 15 is 0 Å². The largest absolute Gasteiger partial charge is 0.339 e. The maximum atomic E-state index is 12.9. The quantitative estimate of drug-likeness (QED) is 0.817. The first-order chi connectivity index (χ1) is 13.5. The van der Waals surface area contributed by atoms with E-state index in [1.54, 1.807) is 12.4 Å². The maximum absolute atomic E-state index is 12.9. The molecule has 7 heteroatoms. The van der Waals surface area contributed by atoms with Gasteiger partial charge in [-0.2, -0.15) is 5.10 Å². The number of amides is 2. The van der Waals surface area contributed by atoms with Crippen molar-refractivity contribution in [1.82, 2.24) is 24.6 Å². The zero-order valence-corrected chi connectivity index (χ0v) is 16.8. The molecule has 28 heavy (non-hydrogen) atoms. The van der Waals surface area contributed by atoms with Crippen molar-refractivity contribution in [2.45, 2.75) is 52.0 Å². The minimum absolute atomic E-state index is 0.0172. The lowest BCUT2D eigenvalue weighted by atomic mass is 9.88. The van der Waals surface area contributed by atoms with Crippen molar-refractivity contribution >= 4 is 22.8 Å². The molecule has 0 unspecified atom stereocenters. The summed E-state index contributed by atoms with van der Waals surface area (Å²) in [6, 6.07) is 2.09. The van der Waals surface area contributed by atoms with E-state index in [0.29, 0.717) is 31.7 Å². The van der Waals surface area contributed by atoms with Gasteiger partial charge in [0, 0.05) is 49.7 Å². The summed E-state index contributed by atoms with van der Waals surface area (Å²) in [5.41, 5.74) is 1.39. The SMILES string of the molecule is CC(C)n1ncc2cc(C(=O)N3CCN(C(=O)C4CCCCC4)CC3)cnc21. The number of carbonyl (C=O) groups is 2. The molecular formula is C21H29N5O2. The molecule has 1 aliphatic carbocycles. The molecule has 0 aromatic carbocycles. The third kappa shape index (κ3) is 3.62. The molecule has 2 amide bonds. The molecule has 1 saturated carbocycles. The third-order valence-electron chi connectivity index (χ3n) is 6.00. The number of piperazine rings is 1. The Morgan fingerprint density at radius 3 is 2.36 bits per heavy atom. The van der Waals surface area contributed by atoms with Gasteiger partial charge in [0.15, 0.2) is 5.65 Å². The highest BCUT2D eigenvalue weighted by atomic mass is 16.2. The van der Waals surface area contributed by atoms with Crippen molar-refractivity contribution < 1.29 is 9.59 Å². The fourth-order valence-corrected chi connectivity index (χ4v) is 4.36. The molecule has 1 saturated heterocycles. The lowest BCUT2D eigenvalue weighted by molar-refractivity contribution is -0.138. The van der Waals surface area contributed by atoms with Gasteiger partial charge < -0.3 is 9.80 Å². The standard InChI is InChI=1S/C21H29N5O2/c1-15(2)26-19-17(14-23-26)12-18(13-22-19)21(28)25-10-8-24(9-11-25)20(27)16-6-4-3-5-7-16/h12-16H,3-11H2,1-2H3. The van der Waals surface area contributed by atoms with Crippen LogP contribution in [0, 0.1) is 5.92 Å². The van der Waals surface area contributed by atoms with Crippen LogP contribution in [0.1, 0.15) is 62.4 Å². The van der Waals surface area contributed by atoms with E-state index in [4.69, 9.17) is 0 Å². The molecular weight excluding hydrogens is 354 g/mol. The van der Waals surface area contributed by atoms with Gasteiger partial charge in [-0.1, -0.05) is 19.3 Å². The minimum atomic E-state index is -0.0172. The van der Waals surface area contributed by atoms with E-state index in [-0.39, 0.29) is 23.8 Å². The summed E-state index contributed by atoms with van der Waals surface area (Å²) in [6.07, 6.45) is 9.03. The van der Waals surface area contributed by atoms with E-state index < -0.39 is 0 Å². The van der Waals surface area contributed by atoms with Crippen LogP contribution in [-0.2, 0) is 4.79 Å². The molecule has 2 fully saturated rings. The van der Waals surface area contributed by atoms with E-state index in [1.807, 2.05) is 20.5 Å². The Kier molecular flexibility index (Phi) is 5.33. The molecule has 2 aliphatic rings. The van der Waals surface area contributed by atoms with Gasteiger partial charge >= 0.3 is 0 Å². The number of aromatic nitrogens is 3.